The third-order valence-electron chi connectivity index (χ3n) is 3.71. The number of ether oxygens (including phenoxy) is 1. The first-order valence-electron chi connectivity index (χ1n) is 6.07. The number of methoxy groups -OCH3 is 1. The number of carbonyl (C=O) groups excluding carboxylic acids is 2. The van der Waals surface area contributed by atoms with Crippen LogP contribution in [0.15, 0.2) is 12.3 Å². The van der Waals surface area contributed by atoms with Crippen LogP contribution in [-0.2, 0) is 16.6 Å². The highest BCUT2D eigenvalue weighted by Gasteiger charge is 2.22. The predicted octanol–water partition coefficient (Wildman–Crippen LogP) is 2.46. The Labute approximate surface area is 112 Å². The van der Waals surface area contributed by atoms with Crippen LogP contribution in [0.3, 0.4) is 0 Å². The van der Waals surface area contributed by atoms with Gasteiger partial charge in [-0.3, -0.25) is 4.79 Å². The maximum atomic E-state index is 12.0. The normalized spacial score (nSPS) is 10.8. The molecule has 100 valence electrons. The second-order valence-electron chi connectivity index (χ2n) is 4.81. The minimum Gasteiger partial charge on any atom is -0.463 e. The fourth-order valence-corrected chi connectivity index (χ4v) is 2.44. The number of ketones is 1. The minimum absolute atomic E-state index is 0.399. The molecule has 0 aliphatic carbocycles. The first-order chi connectivity index (χ1) is 8.88. The summed E-state index contributed by atoms with van der Waals surface area (Å²) < 4.78 is 6.39. The van der Waals surface area contributed by atoms with E-state index in [9.17, 15) is 9.59 Å². The topological polar surface area (TPSA) is 48.3 Å². The summed E-state index contributed by atoms with van der Waals surface area (Å²) in [5.74, 6) is -1.43. The van der Waals surface area contributed by atoms with Crippen LogP contribution in [0.5, 0.6) is 0 Å². The van der Waals surface area contributed by atoms with E-state index in [1.165, 1.54) is 12.7 Å². The van der Waals surface area contributed by atoms with Crippen molar-refractivity contribution in [1.29, 1.82) is 0 Å². The molecule has 4 heteroatoms. The lowest BCUT2D eigenvalue weighted by molar-refractivity contribution is -0.135. The molecular weight excluding hydrogens is 242 g/mol. The zero-order chi connectivity index (χ0) is 14.3. The summed E-state index contributed by atoms with van der Waals surface area (Å²) in [7, 11) is 3.09. The standard InChI is InChI=1S/C15H17NO3/c1-8-6-11-12(14(17)15(18)19-5)7-16(4)13(11)10(3)9(8)2/h6-7H,1-5H3. The van der Waals surface area contributed by atoms with Crippen LogP contribution < -0.4 is 0 Å². The largest absolute Gasteiger partial charge is 0.463 e. The molecule has 0 N–H and O–H groups in total. The number of aryl methyl sites for hydroxylation is 3. The lowest BCUT2D eigenvalue weighted by Crippen LogP contribution is -2.15. The maximum absolute atomic E-state index is 12.0. The van der Waals surface area contributed by atoms with Crippen molar-refractivity contribution < 1.29 is 14.3 Å². The molecule has 1 aromatic heterocycles. The van der Waals surface area contributed by atoms with E-state index in [4.69, 9.17) is 0 Å². The van der Waals surface area contributed by atoms with E-state index < -0.39 is 11.8 Å². The van der Waals surface area contributed by atoms with Gasteiger partial charge >= 0.3 is 5.97 Å². The van der Waals surface area contributed by atoms with Crippen molar-refractivity contribution in [2.45, 2.75) is 20.8 Å². The van der Waals surface area contributed by atoms with Crippen molar-refractivity contribution in [2.24, 2.45) is 7.05 Å². The van der Waals surface area contributed by atoms with Gasteiger partial charge in [0.1, 0.15) is 0 Å². The van der Waals surface area contributed by atoms with Gasteiger partial charge in [0.05, 0.1) is 18.2 Å². The molecule has 0 fully saturated rings. The van der Waals surface area contributed by atoms with Crippen molar-refractivity contribution in [3.63, 3.8) is 0 Å². The average molecular weight is 259 g/mol. The molecule has 0 radical (unpaired) electrons. The Morgan fingerprint density at radius 1 is 1.16 bits per heavy atom. The zero-order valence-corrected chi connectivity index (χ0v) is 11.8. The first-order valence-corrected chi connectivity index (χ1v) is 6.07. The molecule has 19 heavy (non-hydrogen) atoms. The fourth-order valence-electron chi connectivity index (χ4n) is 2.44. The fraction of sp³-hybridized carbons (Fsp3) is 0.333. The average Bonchev–Trinajstić information content (AvgIpc) is 2.71. The predicted molar refractivity (Wildman–Crippen MR) is 73.5 cm³/mol. The molecule has 1 aromatic carbocycles. The summed E-state index contributed by atoms with van der Waals surface area (Å²) in [6, 6.07) is 1.95. The van der Waals surface area contributed by atoms with E-state index in [-0.39, 0.29) is 0 Å². The Morgan fingerprint density at radius 2 is 1.79 bits per heavy atom. The van der Waals surface area contributed by atoms with Gasteiger partial charge in [-0.15, -0.1) is 0 Å². The molecule has 0 aliphatic rings. The Kier molecular flexibility index (Phi) is 3.18. The number of esters is 1. The van der Waals surface area contributed by atoms with Crippen LogP contribution >= 0.6 is 0 Å². The van der Waals surface area contributed by atoms with Crippen LogP contribution in [0.1, 0.15) is 27.0 Å². The van der Waals surface area contributed by atoms with Crippen molar-refractivity contribution >= 4 is 22.7 Å². The van der Waals surface area contributed by atoms with Crippen LogP contribution in [0.4, 0.5) is 0 Å². The molecule has 0 saturated carbocycles. The van der Waals surface area contributed by atoms with Crippen LogP contribution in [0.2, 0.25) is 0 Å². The van der Waals surface area contributed by atoms with Gasteiger partial charge < -0.3 is 9.30 Å². The summed E-state index contributed by atoms with van der Waals surface area (Å²) in [5.41, 5.74) is 4.81. The molecule has 2 aromatic rings. The van der Waals surface area contributed by atoms with Gasteiger partial charge in [0.25, 0.3) is 5.78 Å². The van der Waals surface area contributed by atoms with Gasteiger partial charge in [0.2, 0.25) is 0 Å². The van der Waals surface area contributed by atoms with Crippen LogP contribution in [0.25, 0.3) is 10.9 Å². The Hall–Kier alpha value is -2.10. The van der Waals surface area contributed by atoms with Gasteiger partial charge in [-0.1, -0.05) is 0 Å². The Morgan fingerprint density at radius 3 is 2.37 bits per heavy atom. The second kappa shape index (κ2) is 4.53. The number of rotatable bonds is 2. The molecule has 0 bridgehead atoms. The lowest BCUT2D eigenvalue weighted by Gasteiger charge is -2.08. The van der Waals surface area contributed by atoms with Gasteiger partial charge in [0.15, 0.2) is 0 Å². The van der Waals surface area contributed by atoms with Gasteiger partial charge in [-0.25, -0.2) is 4.79 Å². The summed E-state index contributed by atoms with van der Waals surface area (Å²) >= 11 is 0. The number of carbonyl (C=O) groups is 2. The smallest absolute Gasteiger partial charge is 0.379 e. The van der Waals surface area contributed by atoms with Crippen LogP contribution in [-0.4, -0.2) is 23.4 Å². The molecule has 0 atom stereocenters. The Balaban J connectivity index is 2.79. The van der Waals surface area contributed by atoms with E-state index in [2.05, 4.69) is 11.7 Å². The molecule has 0 saturated heterocycles. The maximum Gasteiger partial charge on any atom is 0.379 e. The summed E-state index contributed by atoms with van der Waals surface area (Å²) in [6.07, 6.45) is 1.69. The van der Waals surface area contributed by atoms with E-state index in [1.54, 1.807) is 6.20 Å². The van der Waals surface area contributed by atoms with Crippen molar-refractivity contribution in [1.82, 2.24) is 4.57 Å². The lowest BCUT2D eigenvalue weighted by atomic mass is 9.98. The van der Waals surface area contributed by atoms with Gasteiger partial charge in [-0.2, -0.15) is 0 Å². The third-order valence-corrected chi connectivity index (χ3v) is 3.71. The van der Waals surface area contributed by atoms with Crippen molar-refractivity contribution in [2.75, 3.05) is 7.11 Å². The summed E-state index contributed by atoms with van der Waals surface area (Å²) in [5, 5.41) is 0.804. The first kappa shape index (κ1) is 13.3. The molecule has 0 aliphatic heterocycles. The summed E-state index contributed by atoms with van der Waals surface area (Å²) in [6.45, 7) is 6.08. The SMILES string of the molecule is COC(=O)C(=O)c1cn(C)c2c(C)c(C)c(C)cc12. The highest BCUT2D eigenvalue weighted by atomic mass is 16.5. The Bertz CT molecular complexity index is 695. The highest BCUT2D eigenvalue weighted by molar-refractivity contribution is 6.43. The van der Waals surface area contributed by atoms with E-state index in [1.807, 2.05) is 31.5 Å². The number of hydrogen-bond acceptors (Lipinski definition) is 3. The van der Waals surface area contributed by atoms with Gasteiger partial charge in [-0.05, 0) is 43.5 Å². The monoisotopic (exact) mass is 259 g/mol. The minimum atomic E-state index is -0.830. The van der Waals surface area contributed by atoms with Crippen LogP contribution in [0, 0.1) is 20.8 Å². The van der Waals surface area contributed by atoms with Crippen molar-refractivity contribution in [3.8, 4) is 0 Å². The molecule has 2 rings (SSSR count). The number of aromatic nitrogens is 1. The zero-order valence-electron chi connectivity index (χ0n) is 11.8. The van der Waals surface area contributed by atoms with E-state index in [0.717, 1.165) is 22.0 Å². The summed E-state index contributed by atoms with van der Waals surface area (Å²) in [4.78, 5) is 23.4. The molecular formula is C15H17NO3. The highest BCUT2D eigenvalue weighted by Crippen LogP contribution is 2.28. The molecule has 1 heterocycles. The number of hydrogen-bond donors (Lipinski definition) is 0. The number of benzene rings is 1. The number of nitrogens with zero attached hydrogens (tertiary/aromatic N) is 1. The van der Waals surface area contributed by atoms with Gasteiger partial charge in [0, 0.05) is 18.6 Å². The number of fused-ring (bicyclic) bond motifs is 1. The molecule has 4 nitrogen and oxygen atoms in total. The molecule has 0 amide bonds. The third kappa shape index (κ3) is 1.93. The molecule has 0 unspecified atom stereocenters. The number of Topliss-reactive ketones (excluding diaryl/α,β-unsaturated/α-hetero) is 1. The van der Waals surface area contributed by atoms with E-state index in [0.29, 0.717) is 5.56 Å². The second-order valence-corrected chi connectivity index (χ2v) is 4.81. The quantitative estimate of drug-likeness (QED) is 0.473. The van der Waals surface area contributed by atoms with E-state index >= 15 is 0 Å². The van der Waals surface area contributed by atoms with Crippen molar-refractivity contribution in [3.05, 3.63) is 34.5 Å². The molecule has 0 spiro atoms.